The van der Waals surface area contributed by atoms with Crippen molar-refractivity contribution in [3.8, 4) is 0 Å². The van der Waals surface area contributed by atoms with E-state index in [9.17, 15) is 4.39 Å². The van der Waals surface area contributed by atoms with Crippen molar-refractivity contribution in [2.75, 3.05) is 13.7 Å². The summed E-state index contributed by atoms with van der Waals surface area (Å²) in [6.45, 7) is 0.789. The molecule has 3 nitrogen and oxygen atoms in total. The summed E-state index contributed by atoms with van der Waals surface area (Å²) in [5, 5.41) is 3.99. The van der Waals surface area contributed by atoms with Crippen molar-refractivity contribution < 1.29 is 13.5 Å². The normalized spacial score (nSPS) is 21.6. The number of benzene rings is 1. The molecule has 1 saturated heterocycles. The Labute approximate surface area is 105 Å². The largest absolute Gasteiger partial charge is 0.456 e. The molecule has 2 aromatic rings. The first-order valence-corrected chi connectivity index (χ1v) is 6.26. The molecule has 1 aromatic heterocycles. The number of hydrogen-bond acceptors (Lipinski definition) is 3. The average Bonchev–Trinajstić information content (AvgIpc) is 3.00. The van der Waals surface area contributed by atoms with Gasteiger partial charge in [0.05, 0.1) is 12.1 Å². The maximum Gasteiger partial charge on any atom is 0.169 e. The molecular weight excluding hydrogens is 233 g/mol. The van der Waals surface area contributed by atoms with E-state index >= 15 is 0 Å². The smallest absolute Gasteiger partial charge is 0.169 e. The van der Waals surface area contributed by atoms with Gasteiger partial charge in [0.2, 0.25) is 0 Å². The van der Waals surface area contributed by atoms with E-state index in [0.29, 0.717) is 5.58 Å². The van der Waals surface area contributed by atoms with Crippen LogP contribution in [0.15, 0.2) is 28.7 Å². The molecule has 0 aliphatic carbocycles. The Morgan fingerprint density at radius 3 is 3.00 bits per heavy atom. The van der Waals surface area contributed by atoms with Crippen molar-refractivity contribution in [3.05, 3.63) is 35.8 Å². The van der Waals surface area contributed by atoms with Gasteiger partial charge in [-0.2, -0.15) is 0 Å². The first-order chi connectivity index (χ1) is 8.79. The van der Waals surface area contributed by atoms with Gasteiger partial charge in [-0.25, -0.2) is 4.39 Å². The minimum absolute atomic E-state index is 0.0145. The summed E-state index contributed by atoms with van der Waals surface area (Å²) in [6.07, 6.45) is 2.18. The Bertz CT molecular complexity index is 546. The molecule has 3 rings (SSSR count). The molecular formula is C14H16FNO2. The lowest BCUT2D eigenvalue weighted by Crippen LogP contribution is -2.28. The number of para-hydroxylation sites is 1. The molecule has 1 aliphatic rings. The molecule has 0 amide bonds. The molecule has 18 heavy (non-hydrogen) atoms. The van der Waals surface area contributed by atoms with Crippen molar-refractivity contribution in [2.24, 2.45) is 0 Å². The van der Waals surface area contributed by atoms with Gasteiger partial charge in [-0.3, -0.25) is 0 Å². The predicted molar refractivity (Wildman–Crippen MR) is 66.9 cm³/mol. The summed E-state index contributed by atoms with van der Waals surface area (Å²) in [4.78, 5) is 0. The number of furan rings is 1. The fourth-order valence-electron chi connectivity index (χ4n) is 2.58. The van der Waals surface area contributed by atoms with Crippen molar-refractivity contribution in [2.45, 2.75) is 25.0 Å². The SMILES string of the molecule is CNC(c1cc2cccc(F)c2o1)C1CCCO1. The summed E-state index contributed by atoms with van der Waals surface area (Å²) in [6, 6.07) is 6.84. The molecule has 0 bridgehead atoms. The highest BCUT2D eigenvalue weighted by Crippen LogP contribution is 2.31. The van der Waals surface area contributed by atoms with E-state index in [4.69, 9.17) is 9.15 Å². The van der Waals surface area contributed by atoms with Crippen molar-refractivity contribution in [3.63, 3.8) is 0 Å². The first kappa shape index (κ1) is 11.7. The second-order valence-corrected chi connectivity index (χ2v) is 4.62. The number of rotatable bonds is 3. The Kier molecular flexibility index (Phi) is 3.06. The number of hydrogen-bond donors (Lipinski definition) is 1. The second-order valence-electron chi connectivity index (χ2n) is 4.62. The van der Waals surface area contributed by atoms with Crippen LogP contribution in [0.3, 0.4) is 0 Å². The first-order valence-electron chi connectivity index (χ1n) is 6.26. The number of likely N-dealkylation sites (N-methyl/N-ethyl adjacent to an activating group) is 1. The molecule has 2 atom stereocenters. The van der Waals surface area contributed by atoms with E-state index in [1.807, 2.05) is 19.2 Å². The van der Waals surface area contributed by atoms with Crippen LogP contribution in [0.5, 0.6) is 0 Å². The molecule has 0 saturated carbocycles. The van der Waals surface area contributed by atoms with Crippen LogP contribution in [0.25, 0.3) is 11.0 Å². The highest BCUT2D eigenvalue weighted by atomic mass is 19.1. The zero-order valence-corrected chi connectivity index (χ0v) is 10.3. The van der Waals surface area contributed by atoms with Gasteiger partial charge in [-0.05, 0) is 32.0 Å². The molecule has 0 spiro atoms. The highest BCUT2D eigenvalue weighted by Gasteiger charge is 2.28. The van der Waals surface area contributed by atoms with E-state index in [-0.39, 0.29) is 18.0 Å². The van der Waals surface area contributed by atoms with Gasteiger partial charge >= 0.3 is 0 Å². The fraction of sp³-hybridized carbons (Fsp3) is 0.429. The molecule has 1 aliphatic heterocycles. The minimum Gasteiger partial charge on any atom is -0.456 e. The van der Waals surface area contributed by atoms with Gasteiger partial charge in [0.25, 0.3) is 0 Å². The molecule has 1 fully saturated rings. The van der Waals surface area contributed by atoms with Gasteiger partial charge in [0, 0.05) is 12.0 Å². The average molecular weight is 249 g/mol. The third kappa shape index (κ3) is 1.91. The Hall–Kier alpha value is -1.39. The van der Waals surface area contributed by atoms with Crippen molar-refractivity contribution in [1.29, 1.82) is 0 Å². The lowest BCUT2D eigenvalue weighted by atomic mass is 10.1. The minimum atomic E-state index is -0.319. The summed E-state index contributed by atoms with van der Waals surface area (Å²) in [7, 11) is 1.87. The third-order valence-corrected chi connectivity index (χ3v) is 3.47. The van der Waals surface area contributed by atoms with Gasteiger partial charge in [0.15, 0.2) is 11.4 Å². The standard InChI is InChI=1S/C14H16FNO2/c1-16-13(11-6-3-7-17-11)12-8-9-4-2-5-10(15)14(9)18-12/h2,4-5,8,11,13,16H,3,6-7H2,1H3. The Morgan fingerprint density at radius 2 is 2.33 bits per heavy atom. The molecule has 1 aromatic carbocycles. The van der Waals surface area contributed by atoms with Crippen LogP contribution in [0, 0.1) is 5.82 Å². The van der Waals surface area contributed by atoms with Crippen LogP contribution in [-0.2, 0) is 4.74 Å². The zero-order chi connectivity index (χ0) is 12.5. The van der Waals surface area contributed by atoms with Crippen LogP contribution in [0.2, 0.25) is 0 Å². The van der Waals surface area contributed by atoms with Crippen LogP contribution in [0.4, 0.5) is 4.39 Å². The monoisotopic (exact) mass is 249 g/mol. The third-order valence-electron chi connectivity index (χ3n) is 3.47. The maximum atomic E-state index is 13.6. The van der Waals surface area contributed by atoms with E-state index in [0.717, 1.165) is 30.6 Å². The topological polar surface area (TPSA) is 34.4 Å². The zero-order valence-electron chi connectivity index (χ0n) is 10.3. The molecule has 2 heterocycles. The summed E-state index contributed by atoms with van der Waals surface area (Å²) >= 11 is 0. The van der Waals surface area contributed by atoms with E-state index in [2.05, 4.69) is 5.32 Å². The van der Waals surface area contributed by atoms with Crippen LogP contribution >= 0.6 is 0 Å². The molecule has 2 unspecified atom stereocenters. The van der Waals surface area contributed by atoms with E-state index < -0.39 is 0 Å². The quantitative estimate of drug-likeness (QED) is 0.908. The molecule has 96 valence electrons. The van der Waals surface area contributed by atoms with Gasteiger partial charge in [-0.1, -0.05) is 12.1 Å². The fourth-order valence-corrected chi connectivity index (χ4v) is 2.58. The Balaban J connectivity index is 1.99. The predicted octanol–water partition coefficient (Wildman–Crippen LogP) is 3.01. The molecule has 1 N–H and O–H groups in total. The number of nitrogens with one attached hydrogen (secondary N) is 1. The van der Waals surface area contributed by atoms with E-state index in [1.165, 1.54) is 6.07 Å². The molecule has 0 radical (unpaired) electrons. The van der Waals surface area contributed by atoms with Gasteiger partial charge < -0.3 is 14.5 Å². The maximum absolute atomic E-state index is 13.6. The second kappa shape index (κ2) is 4.71. The lowest BCUT2D eigenvalue weighted by molar-refractivity contribution is 0.0743. The van der Waals surface area contributed by atoms with Gasteiger partial charge in [0.1, 0.15) is 5.76 Å². The summed E-state index contributed by atoms with van der Waals surface area (Å²) < 4.78 is 24.9. The van der Waals surface area contributed by atoms with Gasteiger partial charge in [-0.15, -0.1) is 0 Å². The summed E-state index contributed by atoms with van der Waals surface area (Å²) in [5.41, 5.74) is 0.325. The molecule has 4 heteroatoms. The van der Waals surface area contributed by atoms with Crippen LogP contribution in [-0.4, -0.2) is 19.8 Å². The van der Waals surface area contributed by atoms with Crippen molar-refractivity contribution in [1.82, 2.24) is 5.32 Å². The number of fused-ring (bicyclic) bond motifs is 1. The van der Waals surface area contributed by atoms with Crippen LogP contribution in [0.1, 0.15) is 24.6 Å². The van der Waals surface area contributed by atoms with Crippen LogP contribution < -0.4 is 5.32 Å². The van der Waals surface area contributed by atoms with Crippen molar-refractivity contribution >= 4 is 11.0 Å². The lowest BCUT2D eigenvalue weighted by Gasteiger charge is -2.19. The Morgan fingerprint density at radius 1 is 1.44 bits per heavy atom. The highest BCUT2D eigenvalue weighted by molar-refractivity contribution is 5.78. The summed E-state index contributed by atoms with van der Waals surface area (Å²) in [5.74, 6) is 0.422. The van der Waals surface area contributed by atoms with E-state index in [1.54, 1.807) is 6.07 Å². The number of halogens is 1. The number of ether oxygens (including phenoxy) is 1.